The highest BCUT2D eigenvalue weighted by molar-refractivity contribution is 5.88. The maximum atomic E-state index is 11.9. The molecule has 100 valence electrons. The summed E-state index contributed by atoms with van der Waals surface area (Å²) in [4.78, 5) is 33.3. The molecule has 0 spiro atoms. The van der Waals surface area contributed by atoms with E-state index in [0.717, 1.165) is 12.8 Å². The molecule has 2 aliphatic rings. The molecule has 18 heavy (non-hydrogen) atoms. The third kappa shape index (κ3) is 2.61. The minimum absolute atomic E-state index is 0.106. The van der Waals surface area contributed by atoms with Crippen molar-refractivity contribution in [1.29, 1.82) is 0 Å². The van der Waals surface area contributed by atoms with E-state index < -0.39 is 24.4 Å². The predicted molar refractivity (Wildman–Crippen MR) is 59.9 cm³/mol. The van der Waals surface area contributed by atoms with E-state index in [0.29, 0.717) is 12.5 Å². The molecule has 0 aliphatic carbocycles. The summed E-state index contributed by atoms with van der Waals surface area (Å²) < 4.78 is 0. The highest BCUT2D eigenvalue weighted by atomic mass is 16.4. The quantitative estimate of drug-likeness (QED) is 0.510. The number of hydrogen-bond acceptors (Lipinski definition) is 4. The van der Waals surface area contributed by atoms with Gasteiger partial charge in [-0.15, -0.1) is 0 Å². The van der Waals surface area contributed by atoms with E-state index in [4.69, 9.17) is 10.2 Å². The van der Waals surface area contributed by atoms with Crippen molar-refractivity contribution >= 4 is 17.8 Å². The smallest absolute Gasteiger partial charge is 0.326 e. The standard InChI is InChI=1S/C11H16N2O5/c14-9(15)4-8(11(17)18)13-10(16)6-3-5-1-2-7(6)12-5/h5-8,12H,1-4H2,(H,13,16)(H,14,15)(H,17,18). The maximum absolute atomic E-state index is 11.9. The zero-order valence-electron chi connectivity index (χ0n) is 9.76. The van der Waals surface area contributed by atoms with Crippen molar-refractivity contribution in [3.63, 3.8) is 0 Å². The Morgan fingerprint density at radius 1 is 1.28 bits per heavy atom. The molecule has 4 N–H and O–H groups in total. The second kappa shape index (κ2) is 4.93. The van der Waals surface area contributed by atoms with Gasteiger partial charge in [0.1, 0.15) is 6.04 Å². The minimum atomic E-state index is -1.35. The van der Waals surface area contributed by atoms with Gasteiger partial charge < -0.3 is 20.8 Å². The number of carboxylic acid groups (broad SMARTS) is 2. The van der Waals surface area contributed by atoms with Crippen LogP contribution in [-0.2, 0) is 14.4 Å². The third-order valence-electron chi connectivity index (χ3n) is 3.63. The molecule has 2 bridgehead atoms. The molecule has 2 heterocycles. The number of carboxylic acids is 2. The van der Waals surface area contributed by atoms with Crippen LogP contribution in [0.2, 0.25) is 0 Å². The molecule has 0 saturated carbocycles. The van der Waals surface area contributed by atoms with Crippen molar-refractivity contribution in [1.82, 2.24) is 10.6 Å². The monoisotopic (exact) mass is 256 g/mol. The lowest BCUT2D eigenvalue weighted by molar-refractivity contribution is -0.147. The highest BCUT2D eigenvalue weighted by Crippen LogP contribution is 2.33. The molecule has 2 saturated heterocycles. The molecular weight excluding hydrogens is 240 g/mol. The Kier molecular flexibility index (Phi) is 3.51. The van der Waals surface area contributed by atoms with Gasteiger partial charge >= 0.3 is 11.9 Å². The lowest BCUT2D eigenvalue weighted by Crippen LogP contribution is -2.47. The summed E-state index contributed by atoms with van der Waals surface area (Å²) in [6, 6.07) is -0.906. The van der Waals surface area contributed by atoms with Crippen LogP contribution in [0.25, 0.3) is 0 Å². The van der Waals surface area contributed by atoms with Gasteiger partial charge in [-0.05, 0) is 19.3 Å². The van der Waals surface area contributed by atoms with Crippen LogP contribution in [0.3, 0.4) is 0 Å². The normalized spacial score (nSPS) is 31.0. The van der Waals surface area contributed by atoms with Gasteiger partial charge in [-0.1, -0.05) is 0 Å². The first-order valence-corrected chi connectivity index (χ1v) is 5.98. The molecule has 7 heteroatoms. The van der Waals surface area contributed by atoms with Crippen LogP contribution in [0.4, 0.5) is 0 Å². The lowest BCUT2D eigenvalue weighted by atomic mass is 9.88. The first kappa shape index (κ1) is 12.8. The predicted octanol–water partition coefficient (Wildman–Crippen LogP) is -0.829. The first-order valence-electron chi connectivity index (χ1n) is 5.98. The van der Waals surface area contributed by atoms with Gasteiger partial charge in [0.25, 0.3) is 0 Å². The topological polar surface area (TPSA) is 116 Å². The zero-order valence-corrected chi connectivity index (χ0v) is 9.76. The summed E-state index contributed by atoms with van der Waals surface area (Å²) in [6.07, 6.45) is 2.07. The molecule has 0 radical (unpaired) electrons. The molecule has 4 atom stereocenters. The second-order valence-corrected chi connectivity index (χ2v) is 4.89. The van der Waals surface area contributed by atoms with Gasteiger partial charge in [0.15, 0.2) is 0 Å². The maximum Gasteiger partial charge on any atom is 0.326 e. The van der Waals surface area contributed by atoms with E-state index in [1.807, 2.05) is 0 Å². The van der Waals surface area contributed by atoms with Crippen LogP contribution < -0.4 is 10.6 Å². The number of fused-ring (bicyclic) bond motifs is 2. The van der Waals surface area contributed by atoms with Gasteiger partial charge in [-0.25, -0.2) is 4.79 Å². The van der Waals surface area contributed by atoms with E-state index in [1.54, 1.807) is 0 Å². The van der Waals surface area contributed by atoms with Crippen LogP contribution in [0.5, 0.6) is 0 Å². The van der Waals surface area contributed by atoms with E-state index >= 15 is 0 Å². The Morgan fingerprint density at radius 3 is 2.44 bits per heavy atom. The fraction of sp³-hybridized carbons (Fsp3) is 0.727. The Labute approximate surface area is 104 Å². The molecule has 2 fully saturated rings. The van der Waals surface area contributed by atoms with Crippen LogP contribution in [0.1, 0.15) is 25.7 Å². The van der Waals surface area contributed by atoms with E-state index in [1.165, 1.54) is 0 Å². The minimum Gasteiger partial charge on any atom is -0.481 e. The molecule has 4 unspecified atom stereocenters. The Balaban J connectivity index is 1.92. The number of hydrogen-bond donors (Lipinski definition) is 4. The van der Waals surface area contributed by atoms with Crippen molar-refractivity contribution in [3.05, 3.63) is 0 Å². The lowest BCUT2D eigenvalue weighted by Gasteiger charge is -2.21. The van der Waals surface area contributed by atoms with Crippen molar-refractivity contribution in [2.24, 2.45) is 5.92 Å². The summed E-state index contributed by atoms with van der Waals surface area (Å²) in [7, 11) is 0. The molecule has 0 aromatic heterocycles. The average Bonchev–Trinajstić information content (AvgIpc) is 2.88. The summed E-state index contributed by atoms with van der Waals surface area (Å²) in [5, 5.41) is 23.0. The van der Waals surface area contributed by atoms with Crippen LogP contribution in [0, 0.1) is 5.92 Å². The van der Waals surface area contributed by atoms with Gasteiger partial charge in [0.05, 0.1) is 12.3 Å². The summed E-state index contributed by atoms with van der Waals surface area (Å²) in [5.41, 5.74) is 0. The van der Waals surface area contributed by atoms with Crippen molar-refractivity contribution in [2.75, 3.05) is 0 Å². The number of aliphatic carboxylic acids is 2. The molecular formula is C11H16N2O5. The second-order valence-electron chi connectivity index (χ2n) is 4.89. The van der Waals surface area contributed by atoms with E-state index in [9.17, 15) is 14.4 Å². The first-order chi connectivity index (χ1) is 8.47. The largest absolute Gasteiger partial charge is 0.481 e. The SMILES string of the molecule is O=C(O)CC(NC(=O)C1CC2CCC1N2)C(=O)O. The van der Waals surface area contributed by atoms with Gasteiger partial charge in [-0.2, -0.15) is 0 Å². The van der Waals surface area contributed by atoms with Crippen molar-refractivity contribution < 1.29 is 24.6 Å². The molecule has 2 aliphatic heterocycles. The van der Waals surface area contributed by atoms with Crippen LogP contribution >= 0.6 is 0 Å². The number of amides is 1. The fourth-order valence-corrected chi connectivity index (χ4v) is 2.77. The van der Waals surface area contributed by atoms with Gasteiger partial charge in [-0.3, -0.25) is 9.59 Å². The Hall–Kier alpha value is -1.63. The molecule has 0 aromatic carbocycles. The Bertz CT molecular complexity index is 384. The third-order valence-corrected chi connectivity index (χ3v) is 3.63. The number of rotatable bonds is 5. The summed E-state index contributed by atoms with van der Waals surface area (Å²) in [5.74, 6) is -3.15. The van der Waals surface area contributed by atoms with E-state index in [-0.39, 0.29) is 17.9 Å². The summed E-state index contributed by atoms with van der Waals surface area (Å²) >= 11 is 0. The average molecular weight is 256 g/mol. The summed E-state index contributed by atoms with van der Waals surface area (Å²) in [6.45, 7) is 0. The van der Waals surface area contributed by atoms with Crippen molar-refractivity contribution in [3.8, 4) is 0 Å². The molecule has 2 rings (SSSR count). The van der Waals surface area contributed by atoms with Crippen molar-refractivity contribution in [2.45, 2.75) is 43.8 Å². The molecule has 0 aromatic rings. The molecule has 7 nitrogen and oxygen atoms in total. The van der Waals surface area contributed by atoms with Gasteiger partial charge in [0, 0.05) is 12.1 Å². The highest BCUT2D eigenvalue weighted by Gasteiger charge is 2.43. The molecule has 1 amide bonds. The Morgan fingerprint density at radius 2 is 2.00 bits per heavy atom. The number of carbonyl (C=O) groups excluding carboxylic acids is 1. The van der Waals surface area contributed by atoms with Gasteiger partial charge in [0.2, 0.25) is 5.91 Å². The fourth-order valence-electron chi connectivity index (χ4n) is 2.77. The van der Waals surface area contributed by atoms with Crippen LogP contribution in [0.15, 0.2) is 0 Å². The van der Waals surface area contributed by atoms with E-state index in [2.05, 4.69) is 10.6 Å². The number of carbonyl (C=O) groups is 3. The number of nitrogens with one attached hydrogen (secondary N) is 2. The zero-order chi connectivity index (χ0) is 13.3. The van der Waals surface area contributed by atoms with Crippen LogP contribution in [-0.4, -0.2) is 46.2 Å².